The highest BCUT2D eigenvalue weighted by atomic mass is 32.2. The highest BCUT2D eigenvalue weighted by Gasteiger charge is 2.25. The lowest BCUT2D eigenvalue weighted by molar-refractivity contribution is -0.130. The molecule has 0 N–H and O–H groups in total. The summed E-state index contributed by atoms with van der Waals surface area (Å²) in [4.78, 5) is 19.1. The van der Waals surface area contributed by atoms with Gasteiger partial charge in [0.05, 0.1) is 21.0 Å². The van der Waals surface area contributed by atoms with Crippen molar-refractivity contribution in [2.45, 2.75) is 38.3 Å². The Kier molecular flexibility index (Phi) is 5.96. The molecule has 4 rings (SSSR count). The number of likely N-dealkylation sites (tertiary alicyclic amines) is 1. The standard InChI is InChI=1S/C20H24N4O2S2/c1-13-9-14(2)11-24(10-13)19(25)12-27-20-23-22-17(26-20)7-8-18-21-15-5-3-4-6-16(15)28-18/h3-6,13-14H,7-12H2,1-2H3. The van der Waals surface area contributed by atoms with Gasteiger partial charge in [-0.3, -0.25) is 4.79 Å². The number of carbonyl (C=O) groups excluding carboxylic acids is 1. The van der Waals surface area contributed by atoms with Gasteiger partial charge in [-0.1, -0.05) is 37.7 Å². The van der Waals surface area contributed by atoms with Gasteiger partial charge in [0.1, 0.15) is 0 Å². The molecular weight excluding hydrogens is 392 g/mol. The van der Waals surface area contributed by atoms with E-state index in [1.807, 2.05) is 23.1 Å². The molecule has 1 aliphatic rings. The van der Waals surface area contributed by atoms with Crippen molar-refractivity contribution in [3.05, 3.63) is 35.2 Å². The van der Waals surface area contributed by atoms with Crippen molar-refractivity contribution in [3.8, 4) is 0 Å². The molecule has 0 radical (unpaired) electrons. The van der Waals surface area contributed by atoms with Gasteiger partial charge in [-0.15, -0.1) is 21.5 Å². The molecule has 0 bridgehead atoms. The maximum Gasteiger partial charge on any atom is 0.277 e. The number of para-hydroxylation sites is 1. The second-order valence-corrected chi connectivity index (χ2v) is 9.61. The molecule has 28 heavy (non-hydrogen) atoms. The number of aryl methyl sites for hydroxylation is 2. The predicted molar refractivity (Wildman–Crippen MR) is 112 cm³/mol. The van der Waals surface area contributed by atoms with Gasteiger partial charge >= 0.3 is 0 Å². The van der Waals surface area contributed by atoms with Crippen molar-refractivity contribution in [1.29, 1.82) is 0 Å². The summed E-state index contributed by atoms with van der Waals surface area (Å²) in [5, 5.41) is 9.72. The molecule has 6 nitrogen and oxygen atoms in total. The third-order valence-electron chi connectivity index (χ3n) is 4.88. The average Bonchev–Trinajstić information content (AvgIpc) is 3.29. The van der Waals surface area contributed by atoms with Crippen LogP contribution in [0.15, 0.2) is 33.9 Å². The number of aromatic nitrogens is 3. The average molecular weight is 417 g/mol. The number of amides is 1. The Bertz CT molecular complexity index is 911. The molecule has 0 spiro atoms. The van der Waals surface area contributed by atoms with Crippen molar-refractivity contribution in [3.63, 3.8) is 0 Å². The lowest BCUT2D eigenvalue weighted by atomic mass is 9.92. The smallest absolute Gasteiger partial charge is 0.277 e. The Morgan fingerprint density at radius 3 is 2.79 bits per heavy atom. The van der Waals surface area contributed by atoms with Gasteiger partial charge in [-0.25, -0.2) is 4.98 Å². The van der Waals surface area contributed by atoms with Gasteiger partial charge in [-0.05, 0) is 30.4 Å². The van der Waals surface area contributed by atoms with E-state index < -0.39 is 0 Å². The minimum Gasteiger partial charge on any atom is -0.416 e. The number of hydrogen-bond donors (Lipinski definition) is 0. The Morgan fingerprint density at radius 1 is 1.21 bits per heavy atom. The summed E-state index contributed by atoms with van der Waals surface area (Å²) in [5.74, 6) is 2.22. The molecule has 3 heterocycles. The summed E-state index contributed by atoms with van der Waals surface area (Å²) >= 11 is 3.02. The highest BCUT2D eigenvalue weighted by Crippen LogP contribution is 2.25. The van der Waals surface area contributed by atoms with Crippen molar-refractivity contribution >= 4 is 39.2 Å². The van der Waals surface area contributed by atoms with E-state index in [0.29, 0.717) is 35.1 Å². The van der Waals surface area contributed by atoms with Crippen LogP contribution in [0.3, 0.4) is 0 Å². The summed E-state index contributed by atoms with van der Waals surface area (Å²) in [5.41, 5.74) is 1.03. The van der Waals surface area contributed by atoms with Gasteiger partial charge < -0.3 is 9.32 Å². The van der Waals surface area contributed by atoms with Crippen LogP contribution in [0.4, 0.5) is 0 Å². The van der Waals surface area contributed by atoms with Gasteiger partial charge in [0.15, 0.2) is 0 Å². The van der Waals surface area contributed by atoms with Crippen LogP contribution in [0.25, 0.3) is 10.2 Å². The van der Waals surface area contributed by atoms with E-state index in [4.69, 9.17) is 4.42 Å². The molecule has 1 saturated heterocycles. The summed E-state index contributed by atoms with van der Waals surface area (Å²) in [6.07, 6.45) is 2.62. The van der Waals surface area contributed by atoms with Crippen LogP contribution in [-0.2, 0) is 17.6 Å². The third kappa shape index (κ3) is 4.72. The number of fused-ring (bicyclic) bond motifs is 1. The quantitative estimate of drug-likeness (QED) is 0.564. The lowest BCUT2D eigenvalue weighted by Crippen LogP contribution is -2.43. The Hall–Kier alpha value is -1.93. The second kappa shape index (κ2) is 8.61. The van der Waals surface area contributed by atoms with Crippen molar-refractivity contribution in [2.24, 2.45) is 11.8 Å². The Morgan fingerprint density at radius 2 is 2.00 bits per heavy atom. The van der Waals surface area contributed by atoms with Crippen LogP contribution in [0.2, 0.25) is 0 Å². The predicted octanol–water partition coefficient (Wildman–Crippen LogP) is 4.06. The molecule has 0 saturated carbocycles. The number of carbonyl (C=O) groups is 1. The van der Waals surface area contributed by atoms with Crippen LogP contribution in [0.5, 0.6) is 0 Å². The van der Waals surface area contributed by atoms with Crippen molar-refractivity contribution in [1.82, 2.24) is 20.1 Å². The minimum absolute atomic E-state index is 0.151. The number of nitrogens with zero attached hydrogens (tertiary/aromatic N) is 4. The second-order valence-electron chi connectivity index (χ2n) is 7.57. The van der Waals surface area contributed by atoms with Crippen LogP contribution in [0.1, 0.15) is 31.2 Å². The van der Waals surface area contributed by atoms with Crippen LogP contribution < -0.4 is 0 Å². The number of piperidine rings is 1. The van der Waals surface area contributed by atoms with Gasteiger partial charge in [0.25, 0.3) is 5.22 Å². The first-order chi connectivity index (χ1) is 13.6. The third-order valence-corrected chi connectivity index (χ3v) is 6.78. The van der Waals surface area contributed by atoms with Crippen LogP contribution in [-0.4, -0.2) is 44.8 Å². The maximum atomic E-state index is 12.5. The fraction of sp³-hybridized carbons (Fsp3) is 0.500. The summed E-state index contributed by atoms with van der Waals surface area (Å²) in [7, 11) is 0. The minimum atomic E-state index is 0.151. The fourth-order valence-electron chi connectivity index (χ4n) is 3.72. The Labute approximate surface area is 172 Å². The van der Waals surface area contributed by atoms with Gasteiger partial charge in [-0.2, -0.15) is 0 Å². The summed E-state index contributed by atoms with van der Waals surface area (Å²) in [6.45, 7) is 6.11. The highest BCUT2D eigenvalue weighted by molar-refractivity contribution is 7.99. The zero-order valence-corrected chi connectivity index (χ0v) is 17.8. The fourth-order valence-corrected chi connectivity index (χ4v) is 5.37. The molecule has 1 amide bonds. The Balaban J connectivity index is 1.27. The van der Waals surface area contributed by atoms with E-state index in [-0.39, 0.29) is 5.91 Å². The maximum absolute atomic E-state index is 12.5. The van der Waals surface area contributed by atoms with E-state index in [0.717, 1.165) is 30.0 Å². The molecule has 8 heteroatoms. The van der Waals surface area contributed by atoms with E-state index in [1.165, 1.54) is 22.9 Å². The number of thioether (sulfide) groups is 1. The first-order valence-corrected chi connectivity index (χ1v) is 11.4. The van der Waals surface area contributed by atoms with Crippen LogP contribution >= 0.6 is 23.1 Å². The molecule has 2 aromatic heterocycles. The molecule has 148 valence electrons. The number of benzene rings is 1. The molecule has 1 aromatic carbocycles. The molecule has 3 aromatic rings. The summed E-state index contributed by atoms with van der Waals surface area (Å²) < 4.78 is 6.90. The first-order valence-electron chi connectivity index (χ1n) is 9.64. The lowest BCUT2D eigenvalue weighted by Gasteiger charge is -2.34. The van der Waals surface area contributed by atoms with E-state index >= 15 is 0 Å². The van der Waals surface area contributed by atoms with Gasteiger partial charge in [0.2, 0.25) is 11.8 Å². The zero-order chi connectivity index (χ0) is 19.5. The molecular formula is C20H24N4O2S2. The summed E-state index contributed by atoms with van der Waals surface area (Å²) in [6, 6.07) is 8.13. The molecule has 0 aliphatic carbocycles. The van der Waals surface area contributed by atoms with E-state index in [2.05, 4.69) is 35.1 Å². The first kappa shape index (κ1) is 19.4. The van der Waals surface area contributed by atoms with Crippen molar-refractivity contribution in [2.75, 3.05) is 18.8 Å². The number of hydrogen-bond acceptors (Lipinski definition) is 7. The van der Waals surface area contributed by atoms with Crippen molar-refractivity contribution < 1.29 is 9.21 Å². The molecule has 2 unspecified atom stereocenters. The molecule has 2 atom stereocenters. The number of thiazole rings is 1. The molecule has 1 aliphatic heterocycles. The van der Waals surface area contributed by atoms with E-state index in [1.54, 1.807) is 11.3 Å². The van der Waals surface area contributed by atoms with E-state index in [9.17, 15) is 4.79 Å². The van der Waals surface area contributed by atoms with Crippen LogP contribution in [0, 0.1) is 11.8 Å². The normalized spacial score (nSPS) is 20.0. The SMILES string of the molecule is CC1CC(C)CN(C(=O)CSc2nnc(CCc3nc4ccccc4s3)o2)C1. The largest absolute Gasteiger partial charge is 0.416 e. The monoisotopic (exact) mass is 416 g/mol. The molecule has 1 fully saturated rings. The zero-order valence-electron chi connectivity index (χ0n) is 16.1. The number of rotatable bonds is 6. The topological polar surface area (TPSA) is 72.1 Å². The van der Waals surface area contributed by atoms with Gasteiger partial charge in [0, 0.05) is 25.9 Å².